The largest absolute Gasteiger partial charge is 0.330 e. The molecule has 1 rings (SSSR count). The Balaban J connectivity index is 2.14. The number of hydrogen-bond acceptors (Lipinski definition) is 2. The summed E-state index contributed by atoms with van der Waals surface area (Å²) in [7, 11) is 0. The van der Waals surface area contributed by atoms with Gasteiger partial charge in [0.05, 0.1) is 6.54 Å². The Hall–Kier alpha value is -0.630. The van der Waals surface area contributed by atoms with Crippen molar-refractivity contribution >= 4 is 6.21 Å². The summed E-state index contributed by atoms with van der Waals surface area (Å²) in [6, 6.07) is 0. The molecular weight excluding hydrogens is 112 g/mol. The number of nitrogens with zero attached hydrogens (tertiary/aromatic N) is 1. The van der Waals surface area contributed by atoms with Crippen molar-refractivity contribution in [2.75, 3.05) is 13.1 Å². The van der Waals surface area contributed by atoms with Gasteiger partial charge in [-0.05, 0) is 31.0 Å². The standard InChI is InChI=1S/C7H12N2/c8-4-1-2-7-3-5-9-6-7/h3,5H,1-2,4,6,8H2. The topological polar surface area (TPSA) is 38.4 Å². The molecule has 2 N–H and O–H groups in total. The van der Waals surface area contributed by atoms with Crippen molar-refractivity contribution in [3.05, 3.63) is 11.6 Å². The second-order valence-electron chi connectivity index (χ2n) is 2.21. The van der Waals surface area contributed by atoms with E-state index < -0.39 is 0 Å². The predicted octanol–water partition coefficient (Wildman–Crippen LogP) is 0.736. The normalized spacial score (nSPS) is 16.3. The van der Waals surface area contributed by atoms with Gasteiger partial charge in [0.15, 0.2) is 0 Å². The highest BCUT2D eigenvalue weighted by Gasteiger charge is 1.97. The molecular formula is C7H12N2. The summed E-state index contributed by atoms with van der Waals surface area (Å²) in [4.78, 5) is 4.06. The zero-order chi connectivity index (χ0) is 6.53. The molecule has 0 amide bonds. The first-order valence-corrected chi connectivity index (χ1v) is 3.31. The lowest BCUT2D eigenvalue weighted by Crippen LogP contribution is -1.99. The molecule has 2 nitrogen and oxygen atoms in total. The molecule has 0 saturated heterocycles. The number of aliphatic imine (C=N–C) groups is 1. The summed E-state index contributed by atoms with van der Waals surface area (Å²) < 4.78 is 0. The van der Waals surface area contributed by atoms with Crippen LogP contribution in [0.4, 0.5) is 0 Å². The molecule has 0 saturated carbocycles. The first-order valence-electron chi connectivity index (χ1n) is 3.31. The highest BCUT2D eigenvalue weighted by molar-refractivity contribution is 5.75. The molecule has 0 atom stereocenters. The number of rotatable bonds is 3. The van der Waals surface area contributed by atoms with E-state index in [1.165, 1.54) is 5.57 Å². The van der Waals surface area contributed by atoms with E-state index in [4.69, 9.17) is 5.73 Å². The van der Waals surface area contributed by atoms with Gasteiger partial charge in [-0.3, -0.25) is 4.99 Å². The van der Waals surface area contributed by atoms with Gasteiger partial charge in [0.2, 0.25) is 0 Å². The van der Waals surface area contributed by atoms with Gasteiger partial charge in [-0.15, -0.1) is 0 Å². The summed E-state index contributed by atoms with van der Waals surface area (Å²) in [5.41, 5.74) is 6.76. The molecule has 50 valence electrons. The van der Waals surface area contributed by atoms with E-state index in [0.29, 0.717) is 0 Å². The molecule has 0 spiro atoms. The van der Waals surface area contributed by atoms with Crippen molar-refractivity contribution in [3.63, 3.8) is 0 Å². The van der Waals surface area contributed by atoms with E-state index in [9.17, 15) is 0 Å². The lowest BCUT2D eigenvalue weighted by atomic mass is 10.1. The first-order chi connectivity index (χ1) is 4.43. The summed E-state index contributed by atoms with van der Waals surface area (Å²) in [6.45, 7) is 1.69. The Morgan fingerprint density at radius 1 is 1.67 bits per heavy atom. The van der Waals surface area contributed by atoms with E-state index in [-0.39, 0.29) is 0 Å². The van der Waals surface area contributed by atoms with Gasteiger partial charge < -0.3 is 5.73 Å². The SMILES string of the molecule is NCCCC1=CC=NC1. The van der Waals surface area contributed by atoms with Crippen molar-refractivity contribution in [1.82, 2.24) is 0 Å². The fourth-order valence-electron chi connectivity index (χ4n) is 0.872. The van der Waals surface area contributed by atoms with Gasteiger partial charge in [-0.2, -0.15) is 0 Å². The van der Waals surface area contributed by atoms with Crippen LogP contribution in [-0.2, 0) is 0 Å². The molecule has 1 aliphatic heterocycles. The maximum atomic E-state index is 5.34. The van der Waals surface area contributed by atoms with Gasteiger partial charge >= 0.3 is 0 Å². The summed E-state index contributed by atoms with van der Waals surface area (Å²) in [6.07, 6.45) is 6.16. The Morgan fingerprint density at radius 3 is 3.11 bits per heavy atom. The molecule has 0 aromatic rings. The van der Waals surface area contributed by atoms with Crippen LogP contribution in [0, 0.1) is 0 Å². The lowest BCUT2D eigenvalue weighted by molar-refractivity contribution is 0.813. The van der Waals surface area contributed by atoms with Crippen molar-refractivity contribution in [1.29, 1.82) is 0 Å². The third kappa shape index (κ3) is 1.98. The van der Waals surface area contributed by atoms with Crippen LogP contribution >= 0.6 is 0 Å². The molecule has 1 aliphatic rings. The second-order valence-corrected chi connectivity index (χ2v) is 2.21. The number of nitrogens with two attached hydrogens (primary N) is 1. The quantitative estimate of drug-likeness (QED) is 0.592. The van der Waals surface area contributed by atoms with Crippen LogP contribution in [-0.4, -0.2) is 19.3 Å². The van der Waals surface area contributed by atoms with Crippen LogP contribution in [0.3, 0.4) is 0 Å². The molecule has 0 unspecified atom stereocenters. The van der Waals surface area contributed by atoms with Crippen molar-refractivity contribution in [3.8, 4) is 0 Å². The van der Waals surface area contributed by atoms with Crippen LogP contribution < -0.4 is 5.73 Å². The van der Waals surface area contributed by atoms with Crippen molar-refractivity contribution in [2.45, 2.75) is 12.8 Å². The lowest BCUT2D eigenvalue weighted by Gasteiger charge is -1.95. The fraction of sp³-hybridized carbons (Fsp3) is 0.571. The van der Waals surface area contributed by atoms with E-state index in [1.54, 1.807) is 0 Å². The maximum Gasteiger partial charge on any atom is 0.0603 e. The van der Waals surface area contributed by atoms with Gasteiger partial charge in [-0.25, -0.2) is 0 Å². The van der Waals surface area contributed by atoms with Gasteiger partial charge in [0.25, 0.3) is 0 Å². The zero-order valence-corrected chi connectivity index (χ0v) is 5.51. The Labute approximate surface area is 55.5 Å². The molecule has 0 bridgehead atoms. The highest BCUT2D eigenvalue weighted by Crippen LogP contribution is 2.07. The average Bonchev–Trinajstić information content (AvgIpc) is 2.34. The smallest absolute Gasteiger partial charge is 0.0603 e. The first kappa shape index (κ1) is 6.49. The van der Waals surface area contributed by atoms with E-state index in [2.05, 4.69) is 11.1 Å². The van der Waals surface area contributed by atoms with E-state index in [0.717, 1.165) is 25.9 Å². The average molecular weight is 124 g/mol. The maximum absolute atomic E-state index is 5.34. The van der Waals surface area contributed by atoms with Crippen LogP contribution in [0.2, 0.25) is 0 Å². The molecule has 0 aromatic carbocycles. The summed E-state index contributed by atoms with van der Waals surface area (Å²) in [5.74, 6) is 0. The predicted molar refractivity (Wildman–Crippen MR) is 39.7 cm³/mol. The molecule has 2 heteroatoms. The van der Waals surface area contributed by atoms with Crippen LogP contribution in [0.1, 0.15) is 12.8 Å². The van der Waals surface area contributed by atoms with Crippen LogP contribution in [0.5, 0.6) is 0 Å². The molecule has 1 heterocycles. The minimum Gasteiger partial charge on any atom is -0.330 e. The molecule has 0 fully saturated rings. The number of allylic oxidation sites excluding steroid dienone is 1. The number of hydrogen-bond donors (Lipinski definition) is 1. The molecule has 0 aliphatic carbocycles. The van der Waals surface area contributed by atoms with Crippen LogP contribution in [0.25, 0.3) is 0 Å². The Morgan fingerprint density at radius 2 is 2.56 bits per heavy atom. The van der Waals surface area contributed by atoms with Gasteiger partial charge in [-0.1, -0.05) is 0 Å². The minimum absolute atomic E-state index is 0.789. The molecule has 9 heavy (non-hydrogen) atoms. The fourth-order valence-corrected chi connectivity index (χ4v) is 0.872. The van der Waals surface area contributed by atoms with Crippen molar-refractivity contribution in [2.24, 2.45) is 10.7 Å². The van der Waals surface area contributed by atoms with Crippen LogP contribution in [0.15, 0.2) is 16.6 Å². The Kier molecular flexibility index (Phi) is 2.46. The zero-order valence-electron chi connectivity index (χ0n) is 5.51. The van der Waals surface area contributed by atoms with Gasteiger partial charge in [0, 0.05) is 6.21 Å². The van der Waals surface area contributed by atoms with Gasteiger partial charge in [0.1, 0.15) is 0 Å². The van der Waals surface area contributed by atoms with E-state index in [1.807, 2.05) is 6.21 Å². The third-order valence-corrected chi connectivity index (χ3v) is 1.41. The van der Waals surface area contributed by atoms with Crippen molar-refractivity contribution < 1.29 is 0 Å². The second kappa shape index (κ2) is 3.41. The third-order valence-electron chi connectivity index (χ3n) is 1.41. The molecule has 0 aromatic heterocycles. The summed E-state index contributed by atoms with van der Waals surface area (Å²) >= 11 is 0. The summed E-state index contributed by atoms with van der Waals surface area (Å²) in [5, 5.41) is 0. The Bertz CT molecular complexity index is 136. The highest BCUT2D eigenvalue weighted by atomic mass is 14.7. The monoisotopic (exact) mass is 124 g/mol. The molecule has 0 radical (unpaired) electrons. The minimum atomic E-state index is 0.789. The van der Waals surface area contributed by atoms with E-state index >= 15 is 0 Å².